The van der Waals surface area contributed by atoms with Crippen LogP contribution in [0.4, 0.5) is 27.6 Å². The van der Waals surface area contributed by atoms with Gasteiger partial charge in [0.25, 0.3) is 0 Å². The number of benzene rings is 2. The van der Waals surface area contributed by atoms with Crippen LogP contribution in [0.25, 0.3) is 22.3 Å². The minimum absolute atomic E-state index is 0.0256. The molecule has 2 aliphatic heterocycles. The summed E-state index contributed by atoms with van der Waals surface area (Å²) >= 11 is 2.59. The normalized spacial score (nSPS) is 21.8. The molecule has 2 aromatic carbocycles. The van der Waals surface area contributed by atoms with E-state index in [4.69, 9.17) is 9.47 Å². The minimum Gasteiger partial charge on any atom is -0.483 e. The maximum atomic E-state index is 14.4. The van der Waals surface area contributed by atoms with Gasteiger partial charge in [-0.2, -0.15) is 21.0 Å². The van der Waals surface area contributed by atoms with Crippen molar-refractivity contribution in [2.24, 2.45) is 16.8 Å². The van der Waals surface area contributed by atoms with Crippen LogP contribution in [0.3, 0.4) is 0 Å². The average Bonchev–Trinajstić information content (AvgIpc) is 4.00. The molecule has 0 saturated heterocycles. The zero-order chi connectivity index (χ0) is 45.3. The number of ether oxygens (including phenoxy) is 2. The topological polar surface area (TPSA) is 172 Å². The summed E-state index contributed by atoms with van der Waals surface area (Å²) in [6.07, 6.45) is 8.18. The SMILES string of the molecule is CC1(C)OC2=CC3C=C4C(=CC3C=C2c2sc(N=C3C(=O)c5cc(F)c(F)cc5C3=C(C#N)C#N)cc21)OC(C)(C)c1cc(NC2C(=O)c3cc(F)c(F)cc3C2=C(C#N)C#N)sc14. The third-order valence-corrected chi connectivity index (χ3v) is 14.2. The van der Waals surface area contributed by atoms with Crippen LogP contribution in [-0.2, 0) is 20.7 Å². The van der Waals surface area contributed by atoms with Gasteiger partial charge in [0.15, 0.2) is 29.1 Å². The Morgan fingerprint density at radius 3 is 1.72 bits per heavy atom. The molecule has 1 N–H and O–H groups in total. The number of allylic oxidation sites excluding steroid dienone is 9. The van der Waals surface area contributed by atoms with Crippen molar-refractivity contribution in [1.82, 2.24) is 0 Å². The maximum absolute atomic E-state index is 14.4. The van der Waals surface area contributed by atoms with Gasteiger partial charge in [-0.05, 0) is 81.8 Å². The summed E-state index contributed by atoms with van der Waals surface area (Å²) in [7, 11) is 0. The lowest BCUT2D eigenvalue weighted by Gasteiger charge is -2.40. The first-order valence-electron chi connectivity index (χ1n) is 19.5. The predicted molar refractivity (Wildman–Crippen MR) is 228 cm³/mol. The number of halogens is 4. The largest absolute Gasteiger partial charge is 0.483 e. The zero-order valence-corrected chi connectivity index (χ0v) is 35.3. The van der Waals surface area contributed by atoms with Crippen molar-refractivity contribution in [3.63, 3.8) is 0 Å². The molecule has 64 heavy (non-hydrogen) atoms. The monoisotopic (exact) mass is 890 g/mol. The fourth-order valence-electron chi connectivity index (χ4n) is 9.06. The third-order valence-electron chi connectivity index (χ3n) is 12.0. The summed E-state index contributed by atoms with van der Waals surface area (Å²) < 4.78 is 70.7. The number of hydrogen-bond donors (Lipinski definition) is 1. The highest BCUT2D eigenvalue weighted by Crippen LogP contribution is 2.56. The lowest BCUT2D eigenvalue weighted by atomic mass is 9.76. The molecular weight excluding hydrogens is 865 g/mol. The van der Waals surface area contributed by atoms with E-state index in [9.17, 15) is 48.2 Å². The molecule has 4 aromatic rings. The van der Waals surface area contributed by atoms with E-state index in [1.54, 1.807) is 30.3 Å². The molecule has 3 atom stereocenters. The number of anilines is 1. The van der Waals surface area contributed by atoms with E-state index >= 15 is 0 Å². The average molecular weight is 891 g/mol. The molecule has 10 rings (SSSR count). The number of hydrogen-bond acceptors (Lipinski definition) is 12. The molecule has 0 amide bonds. The number of carbonyl (C=O) groups is 2. The van der Waals surface area contributed by atoms with E-state index in [1.807, 2.05) is 45.9 Å². The number of carbonyl (C=O) groups excluding carboxylic acids is 2. The van der Waals surface area contributed by atoms with Gasteiger partial charge in [-0.3, -0.25) is 9.59 Å². The number of nitrogens with one attached hydrogen (secondary N) is 1. The highest BCUT2D eigenvalue weighted by molar-refractivity contribution is 7.17. The van der Waals surface area contributed by atoms with Crippen molar-refractivity contribution in [2.45, 2.75) is 44.9 Å². The summed E-state index contributed by atoms with van der Waals surface area (Å²) in [6, 6.07) is 12.6. The van der Waals surface area contributed by atoms with E-state index in [1.165, 1.54) is 22.7 Å². The van der Waals surface area contributed by atoms with Crippen molar-refractivity contribution in [1.29, 1.82) is 21.0 Å². The second-order valence-electron chi connectivity index (χ2n) is 16.6. The van der Waals surface area contributed by atoms with E-state index in [0.717, 1.165) is 56.3 Å². The Labute approximate surface area is 369 Å². The highest BCUT2D eigenvalue weighted by atomic mass is 32.1. The fraction of sp³-hybridized carbons (Fsp3) is 0.188. The molecule has 10 nitrogen and oxygen atoms in total. The maximum Gasteiger partial charge on any atom is 0.212 e. The Morgan fingerprint density at radius 2 is 1.16 bits per heavy atom. The molecule has 0 fully saturated rings. The van der Waals surface area contributed by atoms with Crippen molar-refractivity contribution in [3.8, 4) is 24.3 Å². The summed E-state index contributed by atoms with van der Waals surface area (Å²) in [5, 5.41) is 43.1. The number of aliphatic imine (C=N–C) groups is 1. The first-order valence-corrected chi connectivity index (χ1v) is 21.2. The Morgan fingerprint density at radius 1 is 0.656 bits per heavy atom. The molecule has 4 heterocycles. The van der Waals surface area contributed by atoms with Gasteiger partial charge < -0.3 is 14.8 Å². The Hall–Kier alpha value is -7.63. The Kier molecular flexibility index (Phi) is 8.81. The standard InChI is InChI=1S/C48H26F4N6O4S2/c1-47(2)29-13-37(57-41-39(21(15-53)16-54)23-9-31(49)33(51)11-25(23)43(41)59)63-45(29)27-5-20-8-36-28(6-19(20)7-35(27)61-47)46-30(48(3,4)62-36)14-38(64-46)58-42-40(22(17-55)18-56)24-10-32(50)34(52)12-26(24)44(42)60/h5-14,19-20,41,57H,1-4H3. The van der Waals surface area contributed by atoms with Crippen molar-refractivity contribution >= 4 is 72.2 Å². The first kappa shape index (κ1) is 40.4. The lowest BCUT2D eigenvalue weighted by molar-refractivity contribution is 0.0318. The molecule has 0 radical (unpaired) electrons. The molecule has 0 bridgehead atoms. The van der Waals surface area contributed by atoms with Gasteiger partial charge in [-0.15, -0.1) is 22.7 Å². The molecular formula is C48H26F4N6O4S2. The van der Waals surface area contributed by atoms with Gasteiger partial charge in [-0.25, -0.2) is 22.6 Å². The second-order valence-corrected chi connectivity index (χ2v) is 18.7. The van der Waals surface area contributed by atoms with Crippen LogP contribution in [-0.4, -0.2) is 23.3 Å². The molecule has 3 unspecified atom stereocenters. The van der Waals surface area contributed by atoms with Crippen LogP contribution in [0.15, 0.2) is 88.4 Å². The van der Waals surface area contributed by atoms with Crippen LogP contribution >= 0.6 is 22.7 Å². The Balaban J connectivity index is 1.00. The number of fused-ring (bicyclic) bond motifs is 9. The van der Waals surface area contributed by atoms with E-state index in [0.29, 0.717) is 21.5 Å². The molecule has 4 aliphatic carbocycles. The molecule has 16 heteroatoms. The number of thiophene rings is 2. The number of ketones is 2. The number of Topliss-reactive ketones (excluding diaryl/α,β-unsaturated/α-hetero) is 2. The molecule has 6 aliphatic rings. The Bertz CT molecular complexity index is 3340. The van der Waals surface area contributed by atoms with Crippen LogP contribution < -0.4 is 5.32 Å². The molecule has 2 aromatic heterocycles. The number of nitriles is 4. The van der Waals surface area contributed by atoms with Crippen molar-refractivity contribution in [3.05, 3.63) is 150 Å². The molecule has 0 saturated carbocycles. The van der Waals surface area contributed by atoms with Gasteiger partial charge in [0, 0.05) is 71.7 Å². The smallest absolute Gasteiger partial charge is 0.212 e. The zero-order valence-electron chi connectivity index (χ0n) is 33.7. The van der Waals surface area contributed by atoms with Crippen LogP contribution in [0, 0.1) is 80.4 Å². The van der Waals surface area contributed by atoms with Crippen LogP contribution in [0.5, 0.6) is 0 Å². The summed E-state index contributed by atoms with van der Waals surface area (Å²) in [5.74, 6) is -5.51. The molecule has 312 valence electrons. The van der Waals surface area contributed by atoms with Gasteiger partial charge in [0.2, 0.25) is 5.78 Å². The number of nitrogens with zero attached hydrogens (tertiary/aromatic N) is 5. The number of rotatable bonds is 3. The van der Waals surface area contributed by atoms with Gasteiger partial charge in [0.1, 0.15) is 74.9 Å². The fourth-order valence-corrected chi connectivity index (χ4v) is 11.5. The van der Waals surface area contributed by atoms with Gasteiger partial charge in [-0.1, -0.05) is 12.2 Å². The summed E-state index contributed by atoms with van der Waals surface area (Å²) in [5.41, 5.74) is -0.453. The summed E-state index contributed by atoms with van der Waals surface area (Å²) in [4.78, 5) is 33.6. The quantitative estimate of drug-likeness (QED) is 0.155. The van der Waals surface area contributed by atoms with Gasteiger partial charge in [0.05, 0.1) is 5.00 Å². The van der Waals surface area contributed by atoms with Crippen LogP contribution in [0.2, 0.25) is 0 Å². The van der Waals surface area contributed by atoms with E-state index < -0.39 is 63.2 Å². The highest BCUT2D eigenvalue weighted by Gasteiger charge is 2.45. The van der Waals surface area contributed by atoms with Crippen LogP contribution in [0.1, 0.15) is 80.4 Å². The second kappa shape index (κ2) is 13.9. The lowest BCUT2D eigenvalue weighted by Crippen LogP contribution is -2.31. The van der Waals surface area contributed by atoms with Gasteiger partial charge >= 0.3 is 0 Å². The predicted octanol–water partition coefficient (Wildman–Crippen LogP) is 10.6. The van der Waals surface area contributed by atoms with E-state index in [-0.39, 0.29) is 50.9 Å². The first-order chi connectivity index (χ1) is 30.5. The third kappa shape index (κ3) is 5.87. The summed E-state index contributed by atoms with van der Waals surface area (Å²) in [6.45, 7) is 7.56. The minimum atomic E-state index is -1.27. The van der Waals surface area contributed by atoms with Crippen molar-refractivity contribution in [2.75, 3.05) is 5.32 Å². The molecule has 0 spiro atoms. The van der Waals surface area contributed by atoms with Crippen molar-refractivity contribution < 1.29 is 36.6 Å². The van der Waals surface area contributed by atoms with E-state index in [2.05, 4.69) is 22.5 Å².